The number of benzene rings is 2. The van der Waals surface area contributed by atoms with E-state index < -0.39 is 17.4 Å². The van der Waals surface area contributed by atoms with Crippen LogP contribution in [0.3, 0.4) is 0 Å². The molecule has 2 aromatic carbocycles. The summed E-state index contributed by atoms with van der Waals surface area (Å²) >= 11 is 6.13. The van der Waals surface area contributed by atoms with Gasteiger partial charge in [-0.1, -0.05) is 48.0 Å². The van der Waals surface area contributed by atoms with Crippen LogP contribution in [-0.4, -0.2) is 23.8 Å². The number of halogens is 3. The SMILES string of the molecule is CN1C(=N)N[C@](C)(c2cccc(Cl)c2)[C@H](c2ccc(C(C)(F)F)cc2)C1=O. The summed E-state index contributed by atoms with van der Waals surface area (Å²) in [4.78, 5) is 14.3. The van der Waals surface area contributed by atoms with Gasteiger partial charge in [0.05, 0.1) is 11.5 Å². The minimum Gasteiger partial charge on any atom is -0.346 e. The van der Waals surface area contributed by atoms with Crippen LogP contribution in [0.2, 0.25) is 5.02 Å². The second kappa shape index (κ2) is 6.60. The van der Waals surface area contributed by atoms with Crippen LogP contribution >= 0.6 is 11.6 Å². The van der Waals surface area contributed by atoms with Crippen molar-refractivity contribution >= 4 is 23.5 Å². The van der Waals surface area contributed by atoms with Gasteiger partial charge in [0.25, 0.3) is 5.92 Å². The molecule has 7 heteroatoms. The van der Waals surface area contributed by atoms with Gasteiger partial charge in [-0.3, -0.25) is 15.1 Å². The van der Waals surface area contributed by atoms with Crippen LogP contribution < -0.4 is 5.32 Å². The highest BCUT2D eigenvalue weighted by molar-refractivity contribution is 6.30. The van der Waals surface area contributed by atoms with E-state index in [-0.39, 0.29) is 17.4 Å². The Morgan fingerprint density at radius 2 is 1.85 bits per heavy atom. The maximum absolute atomic E-state index is 13.5. The topological polar surface area (TPSA) is 56.2 Å². The Balaban J connectivity index is 2.13. The van der Waals surface area contributed by atoms with Crippen LogP contribution in [0.4, 0.5) is 8.78 Å². The lowest BCUT2D eigenvalue weighted by Gasteiger charge is -2.46. The Bertz CT molecular complexity index is 895. The molecule has 3 rings (SSSR count). The number of amides is 1. The van der Waals surface area contributed by atoms with E-state index in [1.807, 2.05) is 13.0 Å². The molecule has 0 saturated carbocycles. The highest BCUT2D eigenvalue weighted by Gasteiger charge is 2.48. The predicted molar refractivity (Wildman–Crippen MR) is 101 cm³/mol. The summed E-state index contributed by atoms with van der Waals surface area (Å²) in [6, 6.07) is 12.8. The van der Waals surface area contributed by atoms with Crippen molar-refractivity contribution in [2.24, 2.45) is 0 Å². The summed E-state index contributed by atoms with van der Waals surface area (Å²) in [5.74, 6) is -4.00. The second-order valence-electron chi connectivity index (χ2n) is 7.03. The second-order valence-corrected chi connectivity index (χ2v) is 7.46. The minimum absolute atomic E-state index is 0.0320. The van der Waals surface area contributed by atoms with Crippen molar-refractivity contribution in [3.8, 4) is 0 Å². The Morgan fingerprint density at radius 1 is 1.22 bits per heavy atom. The molecule has 1 saturated heterocycles. The number of likely N-dealkylation sites (N-methyl/N-ethyl adjacent to an activating group) is 1. The average Bonchev–Trinajstić information content (AvgIpc) is 2.59. The van der Waals surface area contributed by atoms with Crippen molar-refractivity contribution in [1.29, 1.82) is 5.41 Å². The fraction of sp³-hybridized carbons (Fsp3) is 0.300. The van der Waals surface area contributed by atoms with Crippen LogP contribution in [0.5, 0.6) is 0 Å². The van der Waals surface area contributed by atoms with Crippen LogP contribution in [0.1, 0.15) is 36.5 Å². The van der Waals surface area contributed by atoms with E-state index in [9.17, 15) is 13.6 Å². The molecule has 1 aliphatic heterocycles. The summed E-state index contributed by atoms with van der Waals surface area (Å²) in [6.45, 7) is 2.64. The standard InChI is InChI=1S/C20H20ClF2N3O/c1-19(14-5-4-6-15(21)11-14)16(17(27)26(3)18(24)25-19)12-7-9-13(10-8-12)20(2,22)23/h4-11,16H,1-3H3,(H2,24,25)/t16-,19-/m1/s1. The van der Waals surface area contributed by atoms with Crippen molar-refractivity contribution in [3.05, 3.63) is 70.2 Å². The third-order valence-corrected chi connectivity index (χ3v) is 5.28. The summed E-state index contributed by atoms with van der Waals surface area (Å²) in [5.41, 5.74) is 0.244. The molecule has 2 N–H and O–H groups in total. The van der Waals surface area contributed by atoms with E-state index in [4.69, 9.17) is 17.0 Å². The largest absolute Gasteiger partial charge is 0.346 e. The number of carbonyl (C=O) groups is 1. The lowest BCUT2D eigenvalue weighted by molar-refractivity contribution is -0.131. The minimum atomic E-state index is -2.96. The van der Waals surface area contributed by atoms with Crippen molar-refractivity contribution in [3.63, 3.8) is 0 Å². The molecule has 0 unspecified atom stereocenters. The molecule has 0 spiro atoms. The average molecular weight is 392 g/mol. The number of hydrogen-bond donors (Lipinski definition) is 2. The maximum atomic E-state index is 13.5. The highest BCUT2D eigenvalue weighted by atomic mass is 35.5. The number of nitrogens with zero attached hydrogens (tertiary/aromatic N) is 1. The lowest BCUT2D eigenvalue weighted by Crippen LogP contribution is -2.62. The zero-order chi connectivity index (χ0) is 20.0. The number of carbonyl (C=O) groups excluding carboxylic acids is 1. The van der Waals surface area contributed by atoms with Gasteiger partial charge >= 0.3 is 0 Å². The van der Waals surface area contributed by atoms with Crippen LogP contribution in [-0.2, 0) is 16.3 Å². The summed E-state index contributed by atoms with van der Waals surface area (Å²) in [7, 11) is 1.51. The number of nitrogens with one attached hydrogen (secondary N) is 2. The smallest absolute Gasteiger partial charge is 0.270 e. The van der Waals surface area contributed by atoms with E-state index in [0.717, 1.165) is 12.5 Å². The number of rotatable bonds is 3. The van der Waals surface area contributed by atoms with Crippen molar-refractivity contribution in [2.75, 3.05) is 7.05 Å². The van der Waals surface area contributed by atoms with Gasteiger partial charge in [0.2, 0.25) is 5.91 Å². The zero-order valence-corrected chi connectivity index (χ0v) is 15.9. The quantitative estimate of drug-likeness (QED) is 0.812. The monoisotopic (exact) mass is 391 g/mol. The van der Waals surface area contributed by atoms with Crippen LogP contribution in [0.25, 0.3) is 0 Å². The first-order valence-corrected chi connectivity index (χ1v) is 8.80. The number of alkyl halides is 2. The zero-order valence-electron chi connectivity index (χ0n) is 15.2. The molecule has 0 aromatic heterocycles. The van der Waals surface area contributed by atoms with Gasteiger partial charge in [-0.25, -0.2) is 8.78 Å². The third-order valence-electron chi connectivity index (χ3n) is 5.04. The van der Waals surface area contributed by atoms with Gasteiger partial charge in [0.15, 0.2) is 5.96 Å². The Kier molecular flexibility index (Phi) is 4.72. The highest BCUT2D eigenvalue weighted by Crippen LogP contribution is 2.42. The Labute approximate surface area is 161 Å². The summed E-state index contributed by atoms with van der Waals surface area (Å²) in [6.07, 6.45) is 0. The molecule has 2 aromatic rings. The molecule has 27 heavy (non-hydrogen) atoms. The molecule has 1 fully saturated rings. The summed E-state index contributed by atoms with van der Waals surface area (Å²) in [5, 5.41) is 11.7. The van der Waals surface area contributed by atoms with Crippen LogP contribution in [0, 0.1) is 5.41 Å². The van der Waals surface area contributed by atoms with E-state index in [1.54, 1.807) is 30.3 Å². The van der Waals surface area contributed by atoms with E-state index in [0.29, 0.717) is 10.6 Å². The molecular weight excluding hydrogens is 372 g/mol. The predicted octanol–water partition coefficient (Wildman–Crippen LogP) is 4.45. The number of guanidine groups is 1. The molecule has 0 radical (unpaired) electrons. The Hall–Kier alpha value is -2.47. The first-order chi connectivity index (χ1) is 12.5. The van der Waals surface area contributed by atoms with E-state index in [1.165, 1.54) is 24.1 Å². The van der Waals surface area contributed by atoms with Crippen LogP contribution in [0.15, 0.2) is 48.5 Å². The summed E-state index contributed by atoms with van der Waals surface area (Å²) < 4.78 is 27.1. The molecule has 1 aliphatic rings. The molecule has 142 valence electrons. The van der Waals surface area contributed by atoms with E-state index >= 15 is 0 Å². The molecule has 0 bridgehead atoms. The lowest BCUT2D eigenvalue weighted by atomic mass is 9.73. The van der Waals surface area contributed by atoms with Crippen molar-refractivity contribution < 1.29 is 13.6 Å². The fourth-order valence-corrected chi connectivity index (χ4v) is 3.64. The van der Waals surface area contributed by atoms with Gasteiger partial charge in [-0.05, 0) is 30.2 Å². The normalized spacial score (nSPS) is 23.3. The molecule has 1 heterocycles. The number of hydrogen-bond acceptors (Lipinski definition) is 2. The fourth-order valence-electron chi connectivity index (χ4n) is 3.45. The molecule has 2 atom stereocenters. The van der Waals surface area contributed by atoms with Gasteiger partial charge in [0.1, 0.15) is 0 Å². The third kappa shape index (κ3) is 3.41. The Morgan fingerprint density at radius 3 is 2.41 bits per heavy atom. The van der Waals surface area contributed by atoms with Crippen molar-refractivity contribution in [1.82, 2.24) is 10.2 Å². The molecule has 0 aliphatic carbocycles. The molecule has 4 nitrogen and oxygen atoms in total. The first kappa shape index (κ1) is 19.3. The van der Waals surface area contributed by atoms with Gasteiger partial charge in [-0.15, -0.1) is 0 Å². The maximum Gasteiger partial charge on any atom is 0.270 e. The van der Waals surface area contributed by atoms with Crippen molar-refractivity contribution in [2.45, 2.75) is 31.2 Å². The van der Waals surface area contributed by atoms with Gasteiger partial charge in [0, 0.05) is 24.6 Å². The molecule has 1 amide bonds. The van der Waals surface area contributed by atoms with E-state index in [2.05, 4.69) is 5.32 Å². The molecular formula is C20H20ClF2N3O. The van der Waals surface area contributed by atoms with Gasteiger partial charge in [-0.2, -0.15) is 0 Å². The first-order valence-electron chi connectivity index (χ1n) is 8.42. The van der Waals surface area contributed by atoms with Gasteiger partial charge < -0.3 is 5.32 Å².